The molecular formula is C12H16N2O6. The highest BCUT2D eigenvalue weighted by atomic mass is 16.5. The average molecular weight is 284 g/mol. The van der Waals surface area contributed by atoms with Crippen LogP contribution in [0.1, 0.15) is 16.3 Å². The van der Waals surface area contributed by atoms with Gasteiger partial charge < -0.3 is 29.6 Å². The smallest absolute Gasteiger partial charge is 0.371 e. The van der Waals surface area contributed by atoms with Crippen LogP contribution in [0.4, 0.5) is 4.79 Å². The van der Waals surface area contributed by atoms with Gasteiger partial charge in [-0.05, 0) is 12.1 Å². The van der Waals surface area contributed by atoms with Crippen LogP contribution in [0.25, 0.3) is 0 Å². The number of carbonyl (C=O) groups excluding carboxylic acids is 1. The molecule has 0 bridgehead atoms. The lowest BCUT2D eigenvalue weighted by atomic mass is 10.2. The van der Waals surface area contributed by atoms with Crippen LogP contribution in [0, 0.1) is 0 Å². The Morgan fingerprint density at radius 1 is 1.45 bits per heavy atom. The van der Waals surface area contributed by atoms with Gasteiger partial charge in [0.05, 0.1) is 32.4 Å². The molecule has 0 radical (unpaired) electrons. The lowest BCUT2D eigenvalue weighted by Crippen LogP contribution is -2.53. The number of aliphatic hydroxyl groups excluding tert-OH is 1. The molecule has 8 nitrogen and oxygen atoms in total. The monoisotopic (exact) mass is 284 g/mol. The minimum Gasteiger partial charge on any atom is -0.475 e. The molecule has 0 saturated carbocycles. The first-order chi connectivity index (χ1) is 9.61. The first-order valence-corrected chi connectivity index (χ1v) is 6.17. The molecule has 8 heteroatoms. The molecule has 0 aromatic carbocycles. The summed E-state index contributed by atoms with van der Waals surface area (Å²) in [5.74, 6) is -0.977. The van der Waals surface area contributed by atoms with Gasteiger partial charge in [0.25, 0.3) is 0 Å². The van der Waals surface area contributed by atoms with E-state index in [1.807, 2.05) is 0 Å². The molecule has 1 fully saturated rings. The number of aliphatic hydroxyl groups is 1. The predicted octanol–water partition coefficient (Wildman–Crippen LogP) is -0.120. The maximum atomic E-state index is 12.0. The number of hydrogen-bond donors (Lipinski definition) is 3. The quantitative estimate of drug-likeness (QED) is 0.710. The van der Waals surface area contributed by atoms with E-state index in [-0.39, 0.29) is 31.0 Å². The fraction of sp³-hybridized carbons (Fsp3) is 0.500. The Morgan fingerprint density at radius 3 is 2.90 bits per heavy atom. The minimum absolute atomic E-state index is 0.0849. The van der Waals surface area contributed by atoms with Gasteiger partial charge in [-0.25, -0.2) is 9.59 Å². The number of amides is 2. The van der Waals surface area contributed by atoms with Crippen LogP contribution in [0.5, 0.6) is 0 Å². The van der Waals surface area contributed by atoms with Crippen molar-refractivity contribution in [2.24, 2.45) is 0 Å². The summed E-state index contributed by atoms with van der Waals surface area (Å²) in [5.41, 5.74) is 0. The number of aromatic carboxylic acids is 1. The van der Waals surface area contributed by atoms with Gasteiger partial charge in [0.1, 0.15) is 5.76 Å². The van der Waals surface area contributed by atoms with Gasteiger partial charge in [-0.1, -0.05) is 0 Å². The van der Waals surface area contributed by atoms with Crippen molar-refractivity contribution >= 4 is 12.0 Å². The Kier molecular flexibility index (Phi) is 4.59. The number of hydrogen-bond acceptors (Lipinski definition) is 5. The Morgan fingerprint density at radius 2 is 2.25 bits per heavy atom. The van der Waals surface area contributed by atoms with Gasteiger partial charge in [-0.3, -0.25) is 0 Å². The van der Waals surface area contributed by atoms with Crippen LogP contribution < -0.4 is 5.32 Å². The van der Waals surface area contributed by atoms with Crippen molar-refractivity contribution in [3.05, 3.63) is 23.7 Å². The third-order valence-corrected chi connectivity index (χ3v) is 2.99. The molecule has 2 amide bonds. The molecule has 20 heavy (non-hydrogen) atoms. The van der Waals surface area contributed by atoms with Crippen LogP contribution in [0.2, 0.25) is 0 Å². The Hall–Kier alpha value is -2.06. The van der Waals surface area contributed by atoms with E-state index >= 15 is 0 Å². The standard InChI is InChI=1S/C12H16N2O6/c15-6-8-7-19-4-3-14(8)12(18)13-5-9-1-2-10(20-9)11(16)17/h1-2,8,15H,3-7H2,(H,13,18)(H,16,17). The normalized spacial score (nSPS) is 18.9. The number of ether oxygens (including phenoxy) is 1. The molecule has 2 rings (SSSR count). The summed E-state index contributed by atoms with van der Waals surface area (Å²) < 4.78 is 10.2. The number of carboxylic acids is 1. The van der Waals surface area contributed by atoms with Gasteiger partial charge in [0.2, 0.25) is 5.76 Å². The second-order valence-corrected chi connectivity index (χ2v) is 4.33. The highest BCUT2D eigenvalue weighted by Gasteiger charge is 2.26. The molecule has 1 saturated heterocycles. The van der Waals surface area contributed by atoms with Crippen molar-refractivity contribution in [1.29, 1.82) is 0 Å². The maximum absolute atomic E-state index is 12.0. The van der Waals surface area contributed by atoms with E-state index in [1.165, 1.54) is 17.0 Å². The second-order valence-electron chi connectivity index (χ2n) is 4.33. The number of rotatable bonds is 4. The lowest BCUT2D eigenvalue weighted by Gasteiger charge is -2.34. The number of carbonyl (C=O) groups is 2. The van der Waals surface area contributed by atoms with Crippen molar-refractivity contribution in [3.63, 3.8) is 0 Å². The number of furan rings is 1. The molecule has 2 heterocycles. The van der Waals surface area contributed by atoms with Crippen LogP contribution in [-0.2, 0) is 11.3 Å². The molecule has 3 N–H and O–H groups in total. The van der Waals surface area contributed by atoms with Crippen molar-refractivity contribution in [2.75, 3.05) is 26.4 Å². The first kappa shape index (κ1) is 14.4. The zero-order valence-corrected chi connectivity index (χ0v) is 10.7. The highest BCUT2D eigenvalue weighted by Crippen LogP contribution is 2.09. The fourth-order valence-electron chi connectivity index (χ4n) is 1.93. The van der Waals surface area contributed by atoms with Crippen molar-refractivity contribution in [2.45, 2.75) is 12.6 Å². The topological polar surface area (TPSA) is 112 Å². The number of nitrogens with zero attached hydrogens (tertiary/aromatic N) is 1. The van der Waals surface area contributed by atoms with Gasteiger partial charge in [-0.15, -0.1) is 0 Å². The van der Waals surface area contributed by atoms with Crippen LogP contribution >= 0.6 is 0 Å². The summed E-state index contributed by atoms with van der Waals surface area (Å²) in [6.07, 6.45) is 0. The van der Waals surface area contributed by atoms with E-state index in [4.69, 9.17) is 14.3 Å². The van der Waals surface area contributed by atoms with E-state index in [9.17, 15) is 14.7 Å². The maximum Gasteiger partial charge on any atom is 0.371 e. The zero-order chi connectivity index (χ0) is 14.5. The third kappa shape index (κ3) is 3.28. The Labute approximate surface area is 114 Å². The van der Waals surface area contributed by atoms with Crippen molar-refractivity contribution in [3.8, 4) is 0 Å². The van der Waals surface area contributed by atoms with Gasteiger partial charge in [0.15, 0.2) is 0 Å². The largest absolute Gasteiger partial charge is 0.475 e. The molecule has 110 valence electrons. The molecule has 0 spiro atoms. The van der Waals surface area contributed by atoms with Gasteiger partial charge in [-0.2, -0.15) is 0 Å². The minimum atomic E-state index is -1.16. The summed E-state index contributed by atoms with van der Waals surface area (Å²) in [4.78, 5) is 24.1. The van der Waals surface area contributed by atoms with Crippen LogP contribution in [0.3, 0.4) is 0 Å². The lowest BCUT2D eigenvalue weighted by molar-refractivity contribution is -0.00773. The van der Waals surface area contributed by atoms with E-state index in [1.54, 1.807) is 0 Å². The molecule has 1 aromatic rings. The average Bonchev–Trinajstić information content (AvgIpc) is 2.94. The SMILES string of the molecule is O=C(O)c1ccc(CNC(=O)N2CCOCC2CO)o1. The number of carboxylic acid groups (broad SMARTS) is 1. The molecule has 0 aliphatic carbocycles. The van der Waals surface area contributed by atoms with Crippen LogP contribution in [0.15, 0.2) is 16.5 Å². The van der Waals surface area contributed by atoms with Crippen molar-refractivity contribution in [1.82, 2.24) is 10.2 Å². The molecule has 1 aromatic heterocycles. The highest BCUT2D eigenvalue weighted by molar-refractivity contribution is 5.84. The summed E-state index contributed by atoms with van der Waals surface area (Å²) in [5, 5.41) is 20.5. The van der Waals surface area contributed by atoms with E-state index in [0.717, 1.165) is 0 Å². The summed E-state index contributed by atoms with van der Waals surface area (Å²) in [6, 6.07) is 2.11. The van der Waals surface area contributed by atoms with E-state index < -0.39 is 5.97 Å². The number of morpholine rings is 1. The second kappa shape index (κ2) is 6.40. The zero-order valence-electron chi connectivity index (χ0n) is 10.7. The van der Waals surface area contributed by atoms with Crippen LogP contribution in [-0.4, -0.2) is 59.5 Å². The van der Waals surface area contributed by atoms with Gasteiger partial charge >= 0.3 is 12.0 Å². The molecule has 1 aliphatic heterocycles. The molecule has 1 aliphatic rings. The summed E-state index contributed by atoms with van der Waals surface area (Å²) in [7, 11) is 0. The van der Waals surface area contributed by atoms with E-state index in [0.29, 0.717) is 25.5 Å². The number of urea groups is 1. The van der Waals surface area contributed by atoms with Crippen molar-refractivity contribution < 1.29 is 29.0 Å². The fourth-order valence-corrected chi connectivity index (χ4v) is 1.93. The molecular weight excluding hydrogens is 268 g/mol. The third-order valence-electron chi connectivity index (χ3n) is 2.99. The summed E-state index contributed by atoms with van der Waals surface area (Å²) >= 11 is 0. The molecule has 1 unspecified atom stereocenters. The van der Waals surface area contributed by atoms with Gasteiger partial charge in [0, 0.05) is 6.54 Å². The first-order valence-electron chi connectivity index (χ1n) is 6.17. The predicted molar refractivity (Wildman–Crippen MR) is 66.3 cm³/mol. The Bertz CT molecular complexity index is 486. The van der Waals surface area contributed by atoms with E-state index in [2.05, 4.69) is 5.32 Å². The summed E-state index contributed by atoms with van der Waals surface area (Å²) in [6.45, 7) is 1.04. The number of nitrogens with one attached hydrogen (secondary N) is 1. The molecule has 1 atom stereocenters. The Balaban J connectivity index is 1.88.